The van der Waals surface area contributed by atoms with Gasteiger partial charge in [-0.3, -0.25) is 0 Å². The number of hydrogen-bond acceptors (Lipinski definition) is 3. The molecule has 1 aliphatic heterocycles. The van der Waals surface area contributed by atoms with Crippen LogP contribution in [0.4, 0.5) is 0 Å². The Labute approximate surface area is 103 Å². The number of rotatable bonds is 5. The highest BCUT2D eigenvalue weighted by Gasteiger charge is 2.34. The van der Waals surface area contributed by atoms with Gasteiger partial charge in [0.1, 0.15) is 0 Å². The van der Waals surface area contributed by atoms with Crippen molar-refractivity contribution >= 4 is 0 Å². The monoisotopic (exact) mass is 235 g/mol. The number of piperidine rings is 1. The molecule has 3 nitrogen and oxygen atoms in total. The fourth-order valence-corrected chi connectivity index (χ4v) is 2.41. The van der Waals surface area contributed by atoms with Gasteiger partial charge in [0.2, 0.25) is 0 Å². The second kappa shape index (κ2) is 6.15. The summed E-state index contributed by atoms with van der Waals surface area (Å²) in [5.74, 6) is 0. The zero-order valence-electron chi connectivity index (χ0n) is 10.4. The van der Waals surface area contributed by atoms with E-state index in [2.05, 4.69) is 29.6 Å². The SMILES string of the molecule is COCCOC1(c2ccccc2)CCNCC1. The summed E-state index contributed by atoms with van der Waals surface area (Å²) < 4.78 is 11.2. The van der Waals surface area contributed by atoms with E-state index >= 15 is 0 Å². The average Bonchev–Trinajstić information content (AvgIpc) is 2.41. The molecule has 94 valence electrons. The molecule has 1 fully saturated rings. The van der Waals surface area contributed by atoms with Gasteiger partial charge in [0.05, 0.1) is 18.8 Å². The minimum atomic E-state index is -0.120. The standard InChI is InChI=1S/C14H21NO2/c1-16-11-12-17-14(7-9-15-10-8-14)13-5-3-2-4-6-13/h2-6,15H,7-12H2,1H3. The van der Waals surface area contributed by atoms with Crippen molar-refractivity contribution in [3.8, 4) is 0 Å². The van der Waals surface area contributed by atoms with Gasteiger partial charge >= 0.3 is 0 Å². The first kappa shape index (κ1) is 12.6. The lowest BCUT2D eigenvalue weighted by Gasteiger charge is -2.38. The Hall–Kier alpha value is -0.900. The highest BCUT2D eigenvalue weighted by Crippen LogP contribution is 2.34. The largest absolute Gasteiger partial charge is 0.382 e. The summed E-state index contributed by atoms with van der Waals surface area (Å²) in [6, 6.07) is 10.5. The van der Waals surface area contributed by atoms with Crippen molar-refractivity contribution in [1.82, 2.24) is 5.32 Å². The van der Waals surface area contributed by atoms with E-state index < -0.39 is 0 Å². The van der Waals surface area contributed by atoms with E-state index in [1.54, 1.807) is 7.11 Å². The molecule has 0 atom stereocenters. The summed E-state index contributed by atoms with van der Waals surface area (Å²) in [4.78, 5) is 0. The van der Waals surface area contributed by atoms with E-state index in [1.165, 1.54) is 5.56 Å². The second-order valence-electron chi connectivity index (χ2n) is 4.45. The van der Waals surface area contributed by atoms with Gasteiger partial charge in [-0.05, 0) is 31.5 Å². The molecule has 1 heterocycles. The molecule has 1 aromatic carbocycles. The topological polar surface area (TPSA) is 30.5 Å². The van der Waals surface area contributed by atoms with Gasteiger partial charge in [-0.25, -0.2) is 0 Å². The molecule has 1 N–H and O–H groups in total. The number of methoxy groups -OCH3 is 1. The molecule has 1 aromatic rings. The predicted molar refractivity (Wildman–Crippen MR) is 68.1 cm³/mol. The Morgan fingerprint density at radius 3 is 2.47 bits per heavy atom. The molecule has 0 aromatic heterocycles. The quantitative estimate of drug-likeness (QED) is 0.791. The van der Waals surface area contributed by atoms with Crippen LogP contribution in [0.3, 0.4) is 0 Å². The van der Waals surface area contributed by atoms with Gasteiger partial charge in [-0.1, -0.05) is 30.3 Å². The van der Waals surface area contributed by atoms with Crippen molar-refractivity contribution in [2.45, 2.75) is 18.4 Å². The summed E-state index contributed by atoms with van der Waals surface area (Å²) in [6.07, 6.45) is 2.06. The van der Waals surface area contributed by atoms with Crippen LogP contribution in [0.2, 0.25) is 0 Å². The van der Waals surface area contributed by atoms with Crippen LogP contribution in [0, 0.1) is 0 Å². The van der Waals surface area contributed by atoms with Gasteiger partial charge < -0.3 is 14.8 Å². The van der Waals surface area contributed by atoms with Crippen LogP contribution in [0.25, 0.3) is 0 Å². The van der Waals surface area contributed by atoms with Crippen LogP contribution in [-0.2, 0) is 15.1 Å². The predicted octanol–water partition coefficient (Wildman–Crippen LogP) is 1.93. The highest BCUT2D eigenvalue weighted by atomic mass is 16.5. The fourth-order valence-electron chi connectivity index (χ4n) is 2.41. The first-order valence-electron chi connectivity index (χ1n) is 6.26. The lowest BCUT2D eigenvalue weighted by molar-refractivity contribution is -0.0855. The van der Waals surface area contributed by atoms with Crippen LogP contribution < -0.4 is 5.32 Å². The number of benzene rings is 1. The summed E-state index contributed by atoms with van der Waals surface area (Å²) in [5, 5.41) is 3.39. The summed E-state index contributed by atoms with van der Waals surface area (Å²) in [5.41, 5.74) is 1.17. The Morgan fingerprint density at radius 1 is 1.12 bits per heavy atom. The molecule has 17 heavy (non-hydrogen) atoms. The second-order valence-corrected chi connectivity index (χ2v) is 4.45. The van der Waals surface area contributed by atoms with E-state index in [0.717, 1.165) is 25.9 Å². The van der Waals surface area contributed by atoms with Crippen molar-refractivity contribution < 1.29 is 9.47 Å². The molecule has 3 heteroatoms. The van der Waals surface area contributed by atoms with Crippen LogP contribution in [0.5, 0.6) is 0 Å². The maximum Gasteiger partial charge on any atom is 0.0956 e. The smallest absolute Gasteiger partial charge is 0.0956 e. The number of hydrogen-bond donors (Lipinski definition) is 1. The number of nitrogens with one attached hydrogen (secondary N) is 1. The number of ether oxygens (including phenoxy) is 2. The molecule has 0 aliphatic carbocycles. The van der Waals surface area contributed by atoms with E-state index in [-0.39, 0.29) is 5.60 Å². The third kappa shape index (κ3) is 3.06. The average molecular weight is 235 g/mol. The maximum atomic E-state index is 6.13. The van der Waals surface area contributed by atoms with E-state index in [9.17, 15) is 0 Å². The summed E-state index contributed by atoms with van der Waals surface area (Å²) in [7, 11) is 1.71. The van der Waals surface area contributed by atoms with Crippen molar-refractivity contribution in [3.05, 3.63) is 35.9 Å². The molecular formula is C14H21NO2. The third-order valence-corrected chi connectivity index (χ3v) is 3.38. The minimum absolute atomic E-state index is 0.120. The summed E-state index contributed by atoms with van der Waals surface area (Å²) in [6.45, 7) is 3.34. The zero-order chi connectivity index (χ0) is 12.0. The molecule has 1 aliphatic rings. The van der Waals surface area contributed by atoms with Crippen LogP contribution in [-0.4, -0.2) is 33.4 Å². The molecule has 0 amide bonds. The Morgan fingerprint density at radius 2 is 1.82 bits per heavy atom. The Balaban J connectivity index is 2.11. The Kier molecular flexibility index (Phi) is 4.54. The molecule has 0 radical (unpaired) electrons. The lowest BCUT2D eigenvalue weighted by Crippen LogP contribution is -2.42. The molecule has 0 unspecified atom stereocenters. The van der Waals surface area contributed by atoms with Gasteiger partial charge in [-0.2, -0.15) is 0 Å². The molecule has 0 bridgehead atoms. The van der Waals surface area contributed by atoms with Crippen molar-refractivity contribution in [1.29, 1.82) is 0 Å². The molecule has 0 saturated carbocycles. The lowest BCUT2D eigenvalue weighted by atomic mass is 9.85. The van der Waals surface area contributed by atoms with Crippen LogP contribution in [0.15, 0.2) is 30.3 Å². The first-order chi connectivity index (χ1) is 8.37. The molecule has 0 spiro atoms. The zero-order valence-corrected chi connectivity index (χ0v) is 10.4. The van der Waals surface area contributed by atoms with Crippen LogP contribution >= 0.6 is 0 Å². The van der Waals surface area contributed by atoms with Crippen molar-refractivity contribution in [2.24, 2.45) is 0 Å². The van der Waals surface area contributed by atoms with Gasteiger partial charge in [0, 0.05) is 7.11 Å². The maximum absolute atomic E-state index is 6.13. The molecule has 1 saturated heterocycles. The van der Waals surface area contributed by atoms with Crippen molar-refractivity contribution in [3.63, 3.8) is 0 Å². The molecule has 2 rings (SSSR count). The normalized spacial score (nSPS) is 19.1. The van der Waals surface area contributed by atoms with Gasteiger partial charge in [0.25, 0.3) is 0 Å². The van der Waals surface area contributed by atoms with Crippen LogP contribution in [0.1, 0.15) is 18.4 Å². The minimum Gasteiger partial charge on any atom is -0.382 e. The molecular weight excluding hydrogens is 214 g/mol. The summed E-state index contributed by atoms with van der Waals surface area (Å²) >= 11 is 0. The van der Waals surface area contributed by atoms with E-state index in [0.29, 0.717) is 13.2 Å². The Bertz CT molecular complexity index is 320. The van der Waals surface area contributed by atoms with E-state index in [1.807, 2.05) is 6.07 Å². The highest BCUT2D eigenvalue weighted by molar-refractivity contribution is 5.23. The van der Waals surface area contributed by atoms with E-state index in [4.69, 9.17) is 9.47 Å². The van der Waals surface area contributed by atoms with Gasteiger partial charge in [0.15, 0.2) is 0 Å². The van der Waals surface area contributed by atoms with Gasteiger partial charge in [-0.15, -0.1) is 0 Å². The first-order valence-corrected chi connectivity index (χ1v) is 6.26. The fraction of sp³-hybridized carbons (Fsp3) is 0.571. The van der Waals surface area contributed by atoms with Crippen molar-refractivity contribution in [2.75, 3.05) is 33.4 Å². The third-order valence-electron chi connectivity index (χ3n) is 3.38.